The number of nitrogens with one attached hydrogen (secondary N) is 1. The summed E-state index contributed by atoms with van der Waals surface area (Å²) in [5, 5.41) is 2.51. The van der Waals surface area contributed by atoms with E-state index < -0.39 is 30.1 Å². The second-order valence-corrected chi connectivity index (χ2v) is 9.61. The number of hydrogen-bond donors (Lipinski definition) is 1. The molecule has 1 saturated heterocycles. The monoisotopic (exact) mass is 459 g/mol. The minimum Gasteiger partial charge on any atom is -0.444 e. The molecule has 2 amide bonds. The predicted molar refractivity (Wildman–Crippen MR) is 103 cm³/mol. The second-order valence-electron chi connectivity index (χ2n) is 8.80. The summed E-state index contributed by atoms with van der Waals surface area (Å²) in [7, 11) is 0. The maximum absolute atomic E-state index is 13.5. The average Bonchev–Trinajstić information content (AvgIpc) is 3.05. The molecule has 1 aromatic rings. The van der Waals surface area contributed by atoms with Gasteiger partial charge in [-0.05, 0) is 73.5 Å². The minimum absolute atomic E-state index is 0.0788. The van der Waals surface area contributed by atoms with E-state index in [4.69, 9.17) is 4.74 Å². The fraction of sp³-hybridized carbons (Fsp3) is 0.632. The van der Waals surface area contributed by atoms with Crippen LogP contribution < -0.4 is 5.32 Å². The van der Waals surface area contributed by atoms with E-state index in [1.54, 1.807) is 20.8 Å². The number of halogens is 3. The summed E-state index contributed by atoms with van der Waals surface area (Å²) in [6.45, 7) is 8.80. The fourth-order valence-electron chi connectivity index (χ4n) is 3.79. The molecule has 6 nitrogen and oxygen atoms in total. The van der Waals surface area contributed by atoms with E-state index in [0.29, 0.717) is 16.6 Å². The SMILES string of the molecule is Cc1cc(Br)nc(NC(=O)[C@@H]2C[C@@]3(C)C[C@H]3N2C(=O)OC(C)(C)C)c1C(F)F. The van der Waals surface area contributed by atoms with E-state index in [1.165, 1.54) is 17.9 Å². The van der Waals surface area contributed by atoms with Crippen LogP contribution in [0.15, 0.2) is 10.7 Å². The van der Waals surface area contributed by atoms with Crippen LogP contribution >= 0.6 is 15.9 Å². The molecule has 28 heavy (non-hydrogen) atoms. The van der Waals surface area contributed by atoms with Crippen LogP contribution in [0.2, 0.25) is 0 Å². The van der Waals surface area contributed by atoms with Gasteiger partial charge >= 0.3 is 6.09 Å². The van der Waals surface area contributed by atoms with Crippen molar-refractivity contribution in [2.45, 2.75) is 71.6 Å². The van der Waals surface area contributed by atoms with Crippen LogP contribution in [-0.2, 0) is 9.53 Å². The maximum Gasteiger partial charge on any atom is 0.411 e. The summed E-state index contributed by atoms with van der Waals surface area (Å²) in [5.74, 6) is -0.729. The lowest BCUT2D eigenvalue weighted by Crippen LogP contribution is -2.47. The van der Waals surface area contributed by atoms with E-state index >= 15 is 0 Å². The van der Waals surface area contributed by atoms with Crippen molar-refractivity contribution in [3.05, 3.63) is 21.8 Å². The predicted octanol–water partition coefficient (Wildman–Crippen LogP) is 4.82. The zero-order valence-electron chi connectivity index (χ0n) is 16.5. The molecule has 0 bridgehead atoms. The zero-order valence-corrected chi connectivity index (χ0v) is 18.1. The number of amides is 2. The normalized spacial score (nSPS) is 26.2. The molecular formula is C19H24BrF2N3O3. The number of piperidine rings is 1. The van der Waals surface area contributed by atoms with E-state index in [1.807, 2.05) is 6.92 Å². The van der Waals surface area contributed by atoms with Gasteiger partial charge in [0.15, 0.2) is 0 Å². The van der Waals surface area contributed by atoms with Gasteiger partial charge in [-0.2, -0.15) is 0 Å². The Labute approximate surface area is 171 Å². The van der Waals surface area contributed by atoms with Crippen LogP contribution in [0, 0.1) is 12.3 Å². The molecule has 2 fully saturated rings. The number of rotatable bonds is 3. The molecule has 154 valence electrons. The van der Waals surface area contributed by atoms with Crippen LogP contribution in [0.25, 0.3) is 0 Å². The molecule has 1 saturated carbocycles. The summed E-state index contributed by atoms with van der Waals surface area (Å²) in [6, 6.07) is 0.603. The molecule has 1 aliphatic carbocycles. The quantitative estimate of drug-likeness (QED) is 0.657. The van der Waals surface area contributed by atoms with Crippen molar-refractivity contribution in [1.82, 2.24) is 9.88 Å². The first-order chi connectivity index (χ1) is 12.8. The van der Waals surface area contributed by atoms with Crippen molar-refractivity contribution in [1.29, 1.82) is 0 Å². The van der Waals surface area contributed by atoms with Gasteiger partial charge in [0.25, 0.3) is 6.43 Å². The van der Waals surface area contributed by atoms with Crippen molar-refractivity contribution in [3.8, 4) is 0 Å². The lowest BCUT2D eigenvalue weighted by Gasteiger charge is -2.30. The molecule has 0 unspecified atom stereocenters. The highest BCUT2D eigenvalue weighted by Gasteiger charge is 2.65. The van der Waals surface area contributed by atoms with Gasteiger partial charge in [-0.1, -0.05) is 6.92 Å². The molecule has 3 rings (SSSR count). The molecule has 1 aliphatic heterocycles. The van der Waals surface area contributed by atoms with Gasteiger partial charge in [0.1, 0.15) is 22.1 Å². The number of aromatic nitrogens is 1. The van der Waals surface area contributed by atoms with E-state index in [-0.39, 0.29) is 22.8 Å². The van der Waals surface area contributed by atoms with Gasteiger partial charge in [0, 0.05) is 6.04 Å². The van der Waals surface area contributed by atoms with Crippen molar-refractivity contribution in [2.24, 2.45) is 5.41 Å². The van der Waals surface area contributed by atoms with Gasteiger partial charge in [0.05, 0.1) is 5.56 Å². The first-order valence-corrected chi connectivity index (χ1v) is 9.89. The number of anilines is 1. The molecule has 9 heteroatoms. The summed E-state index contributed by atoms with van der Waals surface area (Å²) < 4.78 is 32.8. The Kier molecular flexibility index (Phi) is 5.19. The van der Waals surface area contributed by atoms with E-state index in [9.17, 15) is 18.4 Å². The number of pyridine rings is 1. The molecule has 2 heterocycles. The van der Waals surface area contributed by atoms with Gasteiger partial charge < -0.3 is 10.1 Å². The molecule has 1 N–H and O–H groups in total. The first kappa shape index (κ1) is 21.0. The smallest absolute Gasteiger partial charge is 0.411 e. The number of hydrogen-bond acceptors (Lipinski definition) is 4. The number of nitrogens with zero attached hydrogens (tertiary/aromatic N) is 2. The summed E-state index contributed by atoms with van der Waals surface area (Å²) in [5.41, 5.74) is -0.852. The summed E-state index contributed by atoms with van der Waals surface area (Å²) in [4.78, 5) is 31.1. The largest absolute Gasteiger partial charge is 0.444 e. The van der Waals surface area contributed by atoms with Gasteiger partial charge in [-0.3, -0.25) is 9.69 Å². The average molecular weight is 460 g/mol. The third-order valence-corrected chi connectivity index (χ3v) is 5.64. The molecule has 0 radical (unpaired) electrons. The van der Waals surface area contributed by atoms with Crippen molar-refractivity contribution in [2.75, 3.05) is 5.32 Å². The third-order valence-electron chi connectivity index (χ3n) is 5.24. The topological polar surface area (TPSA) is 71.5 Å². The highest BCUT2D eigenvalue weighted by atomic mass is 79.9. The van der Waals surface area contributed by atoms with Crippen LogP contribution in [0.3, 0.4) is 0 Å². The highest BCUT2D eigenvalue weighted by molar-refractivity contribution is 9.10. The maximum atomic E-state index is 13.5. The van der Waals surface area contributed by atoms with Crippen LogP contribution in [0.1, 0.15) is 58.1 Å². The highest BCUT2D eigenvalue weighted by Crippen LogP contribution is 2.59. The van der Waals surface area contributed by atoms with Crippen LogP contribution in [0.4, 0.5) is 19.4 Å². The standard InChI is InChI=1S/C19H24BrF2N3O3/c1-9-6-12(20)23-15(13(9)14(21)22)24-16(26)10-7-19(5)8-11(19)25(10)17(27)28-18(2,3)4/h6,10-11,14H,7-8H2,1-5H3,(H,23,24,26)/t10-,11+,19-/m0/s1. The fourth-order valence-corrected chi connectivity index (χ4v) is 4.32. The Morgan fingerprint density at radius 1 is 1.39 bits per heavy atom. The second kappa shape index (κ2) is 6.93. The van der Waals surface area contributed by atoms with Crippen LogP contribution in [-0.4, -0.2) is 39.6 Å². The number of alkyl halides is 2. The Hall–Kier alpha value is -1.77. The van der Waals surface area contributed by atoms with Gasteiger partial charge in [-0.15, -0.1) is 0 Å². The van der Waals surface area contributed by atoms with Crippen molar-refractivity contribution < 1.29 is 23.1 Å². The third kappa shape index (κ3) is 3.99. The van der Waals surface area contributed by atoms with E-state index in [0.717, 1.165) is 6.42 Å². The number of carbonyl (C=O) groups is 2. The molecule has 3 atom stereocenters. The number of aryl methyl sites for hydroxylation is 1. The summed E-state index contributed by atoms with van der Waals surface area (Å²) in [6.07, 6.45) is -2.09. The first-order valence-electron chi connectivity index (χ1n) is 9.10. The zero-order chi connectivity index (χ0) is 21.0. The molecule has 0 aromatic carbocycles. The molecule has 2 aliphatic rings. The Bertz CT molecular complexity index is 827. The van der Waals surface area contributed by atoms with Gasteiger partial charge in [-0.25, -0.2) is 18.6 Å². The Morgan fingerprint density at radius 2 is 2.04 bits per heavy atom. The molecule has 0 spiro atoms. The van der Waals surface area contributed by atoms with Gasteiger partial charge in [0.2, 0.25) is 5.91 Å². The Morgan fingerprint density at radius 3 is 2.61 bits per heavy atom. The summed E-state index contributed by atoms with van der Waals surface area (Å²) >= 11 is 3.17. The van der Waals surface area contributed by atoms with Crippen molar-refractivity contribution in [3.63, 3.8) is 0 Å². The van der Waals surface area contributed by atoms with Crippen molar-refractivity contribution >= 4 is 33.7 Å². The van der Waals surface area contributed by atoms with E-state index in [2.05, 4.69) is 26.2 Å². The number of ether oxygens (including phenoxy) is 1. The molecule has 1 aromatic heterocycles. The number of likely N-dealkylation sites (tertiary alicyclic amines) is 1. The minimum atomic E-state index is -2.78. The Balaban J connectivity index is 1.85. The molecular weight excluding hydrogens is 436 g/mol. The number of fused-ring (bicyclic) bond motifs is 1. The number of carbonyl (C=O) groups excluding carboxylic acids is 2. The van der Waals surface area contributed by atoms with Crippen LogP contribution in [0.5, 0.6) is 0 Å². The lowest BCUT2D eigenvalue weighted by atomic mass is 10.0. The lowest BCUT2D eigenvalue weighted by molar-refractivity contribution is -0.121.